The van der Waals surface area contributed by atoms with E-state index in [9.17, 15) is 18.4 Å². The molecule has 2 aromatic heterocycles. The fourth-order valence-electron chi connectivity index (χ4n) is 3.87. The number of aromatic nitrogens is 3. The van der Waals surface area contributed by atoms with Gasteiger partial charge in [0.2, 0.25) is 17.7 Å². The summed E-state index contributed by atoms with van der Waals surface area (Å²) in [7, 11) is 0. The van der Waals surface area contributed by atoms with Crippen molar-refractivity contribution < 1.29 is 18.4 Å². The SMILES string of the molecule is O=C(NC1CCC(F)(F)C1)[C@@H](c1cncnc1)N(C(=O)CCl)c1ccc(-c2cncs2)cc1. The van der Waals surface area contributed by atoms with Crippen LogP contribution in [0.3, 0.4) is 0 Å². The van der Waals surface area contributed by atoms with Gasteiger partial charge in [0.25, 0.3) is 0 Å². The van der Waals surface area contributed by atoms with Crippen LogP contribution >= 0.6 is 22.9 Å². The number of anilines is 1. The van der Waals surface area contributed by atoms with Crippen LogP contribution < -0.4 is 10.2 Å². The Morgan fingerprint density at radius 2 is 1.91 bits per heavy atom. The monoisotopic (exact) mass is 491 g/mol. The largest absolute Gasteiger partial charge is 0.351 e. The number of benzene rings is 1. The third-order valence-electron chi connectivity index (χ3n) is 5.40. The van der Waals surface area contributed by atoms with E-state index >= 15 is 0 Å². The minimum absolute atomic E-state index is 0.156. The number of alkyl halides is 3. The van der Waals surface area contributed by atoms with Crippen LogP contribution in [-0.4, -0.2) is 44.6 Å². The van der Waals surface area contributed by atoms with Crippen LogP contribution in [-0.2, 0) is 9.59 Å². The first-order valence-electron chi connectivity index (χ1n) is 10.2. The minimum Gasteiger partial charge on any atom is -0.351 e. The highest BCUT2D eigenvalue weighted by Crippen LogP contribution is 2.36. The molecular weight excluding hydrogens is 472 g/mol. The lowest BCUT2D eigenvalue weighted by Gasteiger charge is -2.31. The fraction of sp³-hybridized carbons (Fsp3) is 0.318. The molecular formula is C22H20ClF2N5O2S. The number of thiazole rings is 1. The van der Waals surface area contributed by atoms with E-state index in [1.54, 1.807) is 23.8 Å². The maximum atomic E-state index is 13.7. The molecule has 0 spiro atoms. The van der Waals surface area contributed by atoms with Crippen LogP contribution in [0.4, 0.5) is 14.5 Å². The minimum atomic E-state index is -2.82. The molecule has 3 aromatic rings. The zero-order valence-electron chi connectivity index (χ0n) is 17.3. The van der Waals surface area contributed by atoms with Gasteiger partial charge in [-0.25, -0.2) is 18.7 Å². The van der Waals surface area contributed by atoms with Gasteiger partial charge < -0.3 is 5.32 Å². The van der Waals surface area contributed by atoms with Gasteiger partial charge in [0.1, 0.15) is 18.2 Å². The number of carbonyl (C=O) groups is 2. The summed E-state index contributed by atoms with van der Waals surface area (Å²) in [5, 5.41) is 2.68. The van der Waals surface area contributed by atoms with Crippen molar-refractivity contribution in [2.24, 2.45) is 0 Å². The van der Waals surface area contributed by atoms with Crippen LogP contribution in [0.5, 0.6) is 0 Å². The van der Waals surface area contributed by atoms with Gasteiger partial charge in [0, 0.05) is 48.7 Å². The maximum Gasteiger partial charge on any atom is 0.250 e. The maximum absolute atomic E-state index is 13.7. The van der Waals surface area contributed by atoms with Gasteiger partial charge in [0.15, 0.2) is 0 Å². The van der Waals surface area contributed by atoms with E-state index in [-0.39, 0.29) is 18.7 Å². The van der Waals surface area contributed by atoms with Gasteiger partial charge in [0.05, 0.1) is 10.4 Å². The highest BCUT2D eigenvalue weighted by atomic mass is 35.5. The Balaban J connectivity index is 1.68. The van der Waals surface area contributed by atoms with Crippen molar-refractivity contribution >= 4 is 40.4 Å². The first-order valence-corrected chi connectivity index (χ1v) is 11.6. The lowest BCUT2D eigenvalue weighted by Crippen LogP contribution is -2.47. The molecule has 2 amide bonds. The number of amides is 2. The van der Waals surface area contributed by atoms with Crippen LogP contribution in [0.15, 0.2) is 54.7 Å². The smallest absolute Gasteiger partial charge is 0.250 e. The van der Waals surface area contributed by atoms with E-state index in [4.69, 9.17) is 11.6 Å². The lowest BCUT2D eigenvalue weighted by molar-refractivity contribution is -0.126. The molecule has 1 aliphatic carbocycles. The summed E-state index contributed by atoms with van der Waals surface area (Å²) in [5.41, 5.74) is 3.38. The molecule has 4 rings (SSSR count). The lowest BCUT2D eigenvalue weighted by atomic mass is 10.0. The van der Waals surface area contributed by atoms with Crippen molar-refractivity contribution in [3.05, 3.63) is 60.3 Å². The molecule has 0 radical (unpaired) electrons. The van der Waals surface area contributed by atoms with Gasteiger partial charge in [-0.05, 0) is 24.1 Å². The summed E-state index contributed by atoms with van der Waals surface area (Å²) < 4.78 is 27.3. The summed E-state index contributed by atoms with van der Waals surface area (Å²) in [6, 6.07) is 5.15. The predicted octanol–water partition coefficient (Wildman–Crippen LogP) is 4.22. The van der Waals surface area contributed by atoms with Gasteiger partial charge in [-0.1, -0.05) is 12.1 Å². The highest BCUT2D eigenvalue weighted by Gasteiger charge is 2.42. The third kappa shape index (κ3) is 5.33. The number of hydrogen-bond donors (Lipinski definition) is 1. The van der Waals surface area contributed by atoms with E-state index in [2.05, 4.69) is 20.3 Å². The van der Waals surface area contributed by atoms with Gasteiger partial charge in [-0.15, -0.1) is 22.9 Å². The zero-order valence-corrected chi connectivity index (χ0v) is 18.9. The summed E-state index contributed by atoms with van der Waals surface area (Å²) in [4.78, 5) is 40.5. The second-order valence-corrected chi connectivity index (χ2v) is 8.84. The van der Waals surface area contributed by atoms with Crippen molar-refractivity contribution in [3.8, 4) is 10.4 Å². The molecule has 0 saturated heterocycles. The normalized spacial score (nSPS) is 18.0. The molecule has 1 saturated carbocycles. The molecule has 1 unspecified atom stereocenters. The predicted molar refractivity (Wildman–Crippen MR) is 121 cm³/mol. The quantitative estimate of drug-likeness (QED) is 0.500. The summed E-state index contributed by atoms with van der Waals surface area (Å²) in [6.07, 6.45) is 5.29. The van der Waals surface area contributed by atoms with Crippen LogP contribution in [0.2, 0.25) is 0 Å². The number of nitrogens with zero attached hydrogens (tertiary/aromatic N) is 4. The van der Waals surface area contributed by atoms with Crippen LogP contribution in [0, 0.1) is 0 Å². The molecule has 172 valence electrons. The average Bonchev–Trinajstić information content (AvgIpc) is 3.47. The van der Waals surface area contributed by atoms with E-state index in [0.717, 1.165) is 10.4 Å². The number of carbonyl (C=O) groups excluding carboxylic acids is 2. The molecule has 1 N–H and O–H groups in total. The number of hydrogen-bond acceptors (Lipinski definition) is 6. The van der Waals surface area contributed by atoms with E-state index in [0.29, 0.717) is 11.3 Å². The molecule has 2 atom stereocenters. The molecule has 33 heavy (non-hydrogen) atoms. The van der Waals surface area contributed by atoms with Gasteiger partial charge >= 0.3 is 0 Å². The van der Waals surface area contributed by atoms with Crippen LogP contribution in [0.1, 0.15) is 30.9 Å². The average molecular weight is 492 g/mol. The molecule has 0 aliphatic heterocycles. The fourth-order valence-corrected chi connectivity index (χ4v) is 4.63. The standard InChI is InChI=1S/C22H20ClF2N5O2S/c23-8-19(31)30(17-3-1-14(2-4-17)18-11-28-13-33-18)20(15-9-26-12-27-10-15)21(32)29-16-5-6-22(24,25)7-16/h1-4,9-13,16,20H,5-8H2,(H,29,32)/t16?,20-/m1/s1. The molecule has 11 heteroatoms. The Hall–Kier alpha value is -2.98. The van der Waals surface area contributed by atoms with Crippen molar-refractivity contribution in [2.45, 2.75) is 37.3 Å². The second-order valence-electron chi connectivity index (χ2n) is 7.69. The van der Waals surface area contributed by atoms with Gasteiger partial charge in [-0.3, -0.25) is 19.5 Å². The summed E-state index contributed by atoms with van der Waals surface area (Å²) in [6.45, 7) is 0. The van der Waals surface area contributed by atoms with Crippen molar-refractivity contribution in [3.63, 3.8) is 0 Å². The van der Waals surface area contributed by atoms with E-state index < -0.39 is 36.2 Å². The summed E-state index contributed by atoms with van der Waals surface area (Å²) in [5.74, 6) is -4.32. The van der Waals surface area contributed by atoms with Crippen molar-refractivity contribution in [1.29, 1.82) is 0 Å². The Labute approximate surface area is 197 Å². The zero-order chi connectivity index (χ0) is 23.4. The Bertz CT molecular complexity index is 1100. The highest BCUT2D eigenvalue weighted by molar-refractivity contribution is 7.13. The Kier molecular flexibility index (Phi) is 6.94. The van der Waals surface area contributed by atoms with Gasteiger partial charge in [-0.2, -0.15) is 0 Å². The molecule has 2 heterocycles. The van der Waals surface area contributed by atoms with Crippen molar-refractivity contribution in [1.82, 2.24) is 20.3 Å². The third-order valence-corrected chi connectivity index (χ3v) is 6.45. The molecule has 1 aromatic carbocycles. The molecule has 7 nitrogen and oxygen atoms in total. The second kappa shape index (κ2) is 9.88. The van der Waals surface area contributed by atoms with E-state index in [1.807, 2.05) is 12.1 Å². The molecule has 1 fully saturated rings. The first-order chi connectivity index (χ1) is 15.9. The number of nitrogens with one attached hydrogen (secondary N) is 1. The van der Waals surface area contributed by atoms with Crippen LogP contribution in [0.25, 0.3) is 10.4 Å². The summed E-state index contributed by atoms with van der Waals surface area (Å²) >= 11 is 7.37. The number of halogens is 3. The molecule has 0 bridgehead atoms. The van der Waals surface area contributed by atoms with Crippen molar-refractivity contribution in [2.75, 3.05) is 10.8 Å². The Morgan fingerprint density at radius 1 is 1.18 bits per heavy atom. The number of rotatable bonds is 7. The first kappa shape index (κ1) is 23.2. The van der Waals surface area contributed by atoms with E-state index in [1.165, 1.54) is 35.0 Å². The Morgan fingerprint density at radius 3 is 2.48 bits per heavy atom. The topological polar surface area (TPSA) is 88.1 Å². The molecule has 1 aliphatic rings.